The Kier molecular flexibility index (Phi) is 8.30. The maximum Gasteiger partial charge on any atom is 0.322 e. The van der Waals surface area contributed by atoms with Gasteiger partial charge in [-0.15, -0.1) is 0 Å². The van der Waals surface area contributed by atoms with Gasteiger partial charge in [0.25, 0.3) is 0 Å². The number of carboxylic acid groups (broad SMARTS) is 2. The fraction of sp³-hybridized carbons (Fsp3) is 0.350. The van der Waals surface area contributed by atoms with Crippen molar-refractivity contribution in [1.82, 2.24) is 20.9 Å². The van der Waals surface area contributed by atoms with Gasteiger partial charge in [0.15, 0.2) is 0 Å². The molecule has 0 saturated carbocycles. The van der Waals surface area contributed by atoms with Crippen LogP contribution in [0.25, 0.3) is 10.9 Å². The Morgan fingerprint density at radius 1 is 1.00 bits per heavy atom. The van der Waals surface area contributed by atoms with Crippen LogP contribution in [0.15, 0.2) is 30.5 Å². The third kappa shape index (κ3) is 6.80. The summed E-state index contributed by atoms with van der Waals surface area (Å²) in [6.07, 6.45) is 1.20. The van der Waals surface area contributed by atoms with Gasteiger partial charge in [0, 0.05) is 17.1 Å². The Morgan fingerprint density at radius 2 is 1.69 bits per heavy atom. The molecule has 172 valence electrons. The number of carbonyl (C=O) groups excluding carboxylic acids is 3. The fourth-order valence-electron chi connectivity index (χ4n) is 2.98. The largest absolute Gasteiger partial charge is 0.481 e. The third-order valence-electron chi connectivity index (χ3n) is 4.63. The Bertz CT molecular complexity index is 1020. The first-order chi connectivity index (χ1) is 15.1. The molecule has 12 nitrogen and oxygen atoms in total. The van der Waals surface area contributed by atoms with Gasteiger partial charge in [0.1, 0.15) is 18.6 Å². The summed E-state index contributed by atoms with van der Waals surface area (Å²) in [5, 5.41) is 25.1. The molecular weight excluding hydrogens is 422 g/mol. The van der Waals surface area contributed by atoms with Crippen molar-refractivity contribution in [3.8, 4) is 0 Å². The molecule has 0 fully saturated rings. The quantitative estimate of drug-likeness (QED) is 0.220. The molecule has 3 unspecified atom stereocenters. The topological polar surface area (TPSA) is 204 Å². The lowest BCUT2D eigenvalue weighted by atomic mass is 10.0. The molecule has 2 rings (SSSR count). The van der Waals surface area contributed by atoms with Crippen molar-refractivity contribution in [2.45, 2.75) is 37.9 Å². The molecule has 12 heteroatoms. The van der Waals surface area contributed by atoms with Gasteiger partial charge in [-0.2, -0.15) is 0 Å². The summed E-state index contributed by atoms with van der Waals surface area (Å²) in [5.41, 5.74) is 7.70. The molecule has 0 aliphatic heterocycles. The van der Waals surface area contributed by atoms with E-state index in [1.54, 1.807) is 6.20 Å². The number of aromatic nitrogens is 1. The molecule has 0 aliphatic carbocycles. The fourth-order valence-corrected chi connectivity index (χ4v) is 2.98. The summed E-state index contributed by atoms with van der Waals surface area (Å²) >= 11 is 0. The number of aromatic amines is 1. The predicted octanol–water partition coefficient (Wildman–Crippen LogP) is -1.30. The lowest BCUT2D eigenvalue weighted by Crippen LogP contribution is -2.55. The molecule has 0 saturated heterocycles. The van der Waals surface area contributed by atoms with Crippen LogP contribution < -0.4 is 21.7 Å². The van der Waals surface area contributed by atoms with Crippen molar-refractivity contribution in [2.75, 3.05) is 6.54 Å². The van der Waals surface area contributed by atoms with Gasteiger partial charge in [-0.3, -0.25) is 24.0 Å². The minimum absolute atomic E-state index is 0.212. The molecule has 0 aliphatic rings. The predicted molar refractivity (Wildman–Crippen MR) is 112 cm³/mol. The van der Waals surface area contributed by atoms with E-state index in [9.17, 15) is 24.0 Å². The van der Waals surface area contributed by atoms with Crippen LogP contribution in [0.4, 0.5) is 0 Å². The van der Waals surface area contributed by atoms with Crippen LogP contribution >= 0.6 is 0 Å². The highest BCUT2D eigenvalue weighted by molar-refractivity contribution is 5.95. The Balaban J connectivity index is 1.94. The van der Waals surface area contributed by atoms with E-state index in [-0.39, 0.29) is 6.42 Å². The van der Waals surface area contributed by atoms with Gasteiger partial charge in [-0.25, -0.2) is 0 Å². The van der Waals surface area contributed by atoms with Crippen LogP contribution in [0, 0.1) is 0 Å². The van der Waals surface area contributed by atoms with Gasteiger partial charge in [0.2, 0.25) is 17.7 Å². The molecule has 1 aromatic carbocycles. The molecule has 2 aromatic rings. The summed E-state index contributed by atoms with van der Waals surface area (Å²) in [6.45, 7) is 0.610. The summed E-state index contributed by atoms with van der Waals surface area (Å²) < 4.78 is 0. The van der Waals surface area contributed by atoms with Crippen LogP contribution in [0.3, 0.4) is 0 Å². The zero-order valence-corrected chi connectivity index (χ0v) is 17.3. The highest BCUT2D eigenvalue weighted by atomic mass is 16.4. The van der Waals surface area contributed by atoms with Gasteiger partial charge in [-0.1, -0.05) is 18.2 Å². The van der Waals surface area contributed by atoms with Gasteiger partial charge in [-0.05, 0) is 25.0 Å². The average Bonchev–Trinajstić information content (AvgIpc) is 3.13. The smallest absolute Gasteiger partial charge is 0.322 e. The van der Waals surface area contributed by atoms with Crippen molar-refractivity contribution < 1.29 is 34.2 Å². The number of carboxylic acids is 2. The number of nitrogens with one attached hydrogen (secondary N) is 4. The van der Waals surface area contributed by atoms with Gasteiger partial charge in [0.05, 0.1) is 12.5 Å². The molecule has 32 heavy (non-hydrogen) atoms. The zero-order valence-electron chi connectivity index (χ0n) is 17.3. The monoisotopic (exact) mass is 447 g/mol. The molecule has 0 spiro atoms. The van der Waals surface area contributed by atoms with Gasteiger partial charge >= 0.3 is 11.9 Å². The van der Waals surface area contributed by atoms with E-state index in [2.05, 4.69) is 15.6 Å². The standard InChI is InChI=1S/C20H25N5O7/c1-10(18(30)25-15(7-16(26)27)20(32)23-9-17(28)29)24-19(31)13(21)6-11-8-22-14-5-3-2-4-12(11)14/h2-5,8,10,13,15,22H,6-7,9,21H2,1H3,(H,23,32)(H,24,31)(H,25,30)(H,26,27)(H,28,29). The summed E-state index contributed by atoms with van der Waals surface area (Å²) in [7, 11) is 0. The minimum Gasteiger partial charge on any atom is -0.481 e. The number of carbonyl (C=O) groups is 5. The first-order valence-electron chi connectivity index (χ1n) is 9.71. The number of para-hydroxylation sites is 1. The SMILES string of the molecule is CC(NC(=O)C(N)Cc1c[nH]c2ccccc12)C(=O)NC(CC(=O)O)C(=O)NCC(=O)O. The van der Waals surface area contributed by atoms with Crippen LogP contribution in [0.5, 0.6) is 0 Å². The van der Waals surface area contributed by atoms with Crippen molar-refractivity contribution in [3.63, 3.8) is 0 Å². The van der Waals surface area contributed by atoms with E-state index in [0.717, 1.165) is 16.5 Å². The lowest BCUT2D eigenvalue weighted by molar-refractivity contribution is -0.141. The first kappa shape index (κ1) is 24.3. The number of rotatable bonds is 11. The van der Waals surface area contributed by atoms with E-state index >= 15 is 0 Å². The summed E-state index contributed by atoms with van der Waals surface area (Å²) in [6, 6.07) is 3.90. The molecule has 8 N–H and O–H groups in total. The molecule has 3 atom stereocenters. The summed E-state index contributed by atoms with van der Waals surface area (Å²) in [5.74, 6) is -5.11. The summed E-state index contributed by atoms with van der Waals surface area (Å²) in [4.78, 5) is 61.4. The van der Waals surface area contributed by atoms with Crippen molar-refractivity contribution in [3.05, 3.63) is 36.0 Å². The Morgan fingerprint density at radius 3 is 2.34 bits per heavy atom. The van der Waals surface area contributed by atoms with E-state index < -0.39 is 60.8 Å². The van der Waals surface area contributed by atoms with Crippen LogP contribution in [-0.2, 0) is 30.4 Å². The second kappa shape index (κ2) is 10.9. The van der Waals surface area contributed by atoms with Gasteiger partial charge < -0.3 is 36.9 Å². The molecule has 1 heterocycles. The van der Waals surface area contributed by atoms with Crippen LogP contribution in [0.2, 0.25) is 0 Å². The molecule has 1 aromatic heterocycles. The number of aliphatic carboxylic acids is 2. The maximum atomic E-state index is 12.4. The van der Waals surface area contributed by atoms with Crippen LogP contribution in [0.1, 0.15) is 18.9 Å². The molecular formula is C20H25N5O7. The van der Waals surface area contributed by atoms with Crippen molar-refractivity contribution in [1.29, 1.82) is 0 Å². The number of benzene rings is 1. The van der Waals surface area contributed by atoms with Crippen LogP contribution in [-0.4, -0.2) is 69.5 Å². The number of hydrogen-bond donors (Lipinski definition) is 7. The highest BCUT2D eigenvalue weighted by Crippen LogP contribution is 2.18. The normalized spacial score (nSPS) is 13.6. The van der Waals surface area contributed by atoms with E-state index in [4.69, 9.17) is 15.9 Å². The maximum absolute atomic E-state index is 12.4. The first-order valence-corrected chi connectivity index (χ1v) is 9.71. The highest BCUT2D eigenvalue weighted by Gasteiger charge is 2.27. The number of amides is 3. The molecule has 0 bridgehead atoms. The lowest BCUT2D eigenvalue weighted by Gasteiger charge is -2.21. The second-order valence-electron chi connectivity index (χ2n) is 7.17. The minimum atomic E-state index is -1.52. The molecule has 0 radical (unpaired) electrons. The molecule has 3 amide bonds. The van der Waals surface area contributed by atoms with E-state index in [1.165, 1.54) is 6.92 Å². The van der Waals surface area contributed by atoms with Crippen molar-refractivity contribution >= 4 is 40.6 Å². The number of nitrogens with two attached hydrogens (primary N) is 1. The number of H-pyrrole nitrogens is 1. The van der Waals surface area contributed by atoms with E-state index in [1.807, 2.05) is 29.6 Å². The van der Waals surface area contributed by atoms with Crippen molar-refractivity contribution in [2.24, 2.45) is 5.73 Å². The number of hydrogen-bond acceptors (Lipinski definition) is 6. The average molecular weight is 447 g/mol. The third-order valence-corrected chi connectivity index (χ3v) is 4.63. The Labute approximate surface area is 182 Å². The second-order valence-corrected chi connectivity index (χ2v) is 7.17. The van der Waals surface area contributed by atoms with E-state index in [0.29, 0.717) is 0 Å². The number of fused-ring (bicyclic) bond motifs is 1. The Hall–Kier alpha value is -3.93. The zero-order chi connectivity index (χ0) is 23.8.